The molecule has 0 radical (unpaired) electrons. The van der Waals surface area contributed by atoms with Gasteiger partial charge in [0, 0.05) is 16.8 Å². The molecule has 4 aromatic rings. The van der Waals surface area contributed by atoms with Crippen LogP contribution < -0.4 is 10.1 Å². The van der Waals surface area contributed by atoms with Crippen LogP contribution in [0, 0.1) is 12.7 Å². The van der Waals surface area contributed by atoms with Gasteiger partial charge >= 0.3 is 0 Å². The van der Waals surface area contributed by atoms with Crippen molar-refractivity contribution in [3.8, 4) is 5.75 Å². The van der Waals surface area contributed by atoms with Crippen molar-refractivity contribution in [2.75, 3.05) is 5.32 Å². The van der Waals surface area contributed by atoms with E-state index in [9.17, 15) is 9.18 Å². The lowest BCUT2D eigenvalue weighted by atomic mass is 10.2. The quantitative estimate of drug-likeness (QED) is 0.277. The number of anilines is 1. The fourth-order valence-electron chi connectivity index (χ4n) is 3.01. The minimum Gasteiger partial charge on any atom is -0.487 e. The molecule has 0 aliphatic carbocycles. The van der Waals surface area contributed by atoms with Gasteiger partial charge in [0.15, 0.2) is 5.82 Å². The number of thiophene rings is 1. The molecule has 0 unspecified atom stereocenters. The Labute approximate surface area is 208 Å². The second-order valence-electron chi connectivity index (χ2n) is 7.25. The molecule has 10 heteroatoms. The number of hydrogen-bond acceptors (Lipinski definition) is 4. The van der Waals surface area contributed by atoms with Crippen LogP contribution in [0.15, 0.2) is 54.0 Å². The van der Waals surface area contributed by atoms with Crippen molar-refractivity contribution in [2.45, 2.75) is 20.1 Å². The molecule has 1 N–H and O–H groups in total. The van der Waals surface area contributed by atoms with Crippen molar-refractivity contribution in [1.29, 1.82) is 0 Å². The highest BCUT2D eigenvalue weighted by molar-refractivity contribution is 7.12. The minimum atomic E-state index is -0.419. The summed E-state index contributed by atoms with van der Waals surface area (Å²) < 4.78 is 20.5. The van der Waals surface area contributed by atoms with Crippen molar-refractivity contribution in [3.05, 3.63) is 96.5 Å². The van der Waals surface area contributed by atoms with Gasteiger partial charge in [0.05, 0.1) is 16.4 Å². The lowest BCUT2D eigenvalue weighted by molar-refractivity contribution is 0.103. The third kappa shape index (κ3) is 5.86. The minimum absolute atomic E-state index is 0.220. The first-order valence-electron chi connectivity index (χ1n) is 9.73. The Morgan fingerprint density at radius 1 is 1.12 bits per heavy atom. The molecule has 0 spiro atoms. The lowest BCUT2D eigenvalue weighted by Crippen LogP contribution is -2.12. The van der Waals surface area contributed by atoms with E-state index in [2.05, 4.69) is 10.4 Å². The lowest BCUT2D eigenvalue weighted by Gasteiger charge is -2.07. The van der Waals surface area contributed by atoms with Gasteiger partial charge in [-0.3, -0.25) is 9.48 Å². The Bertz CT molecular complexity index is 1320. The van der Waals surface area contributed by atoms with E-state index in [-0.39, 0.29) is 34.9 Å². The molecule has 1 amide bonds. The predicted molar refractivity (Wildman–Crippen MR) is 131 cm³/mol. The molecule has 0 saturated heterocycles. The van der Waals surface area contributed by atoms with E-state index >= 15 is 0 Å². The van der Waals surface area contributed by atoms with Crippen LogP contribution >= 0.6 is 46.1 Å². The first-order valence-corrected chi connectivity index (χ1v) is 11.7. The zero-order chi connectivity index (χ0) is 23.5. The van der Waals surface area contributed by atoms with Crippen LogP contribution in [0.4, 0.5) is 10.2 Å². The van der Waals surface area contributed by atoms with Gasteiger partial charge in [-0.25, -0.2) is 4.39 Å². The van der Waals surface area contributed by atoms with E-state index in [1.165, 1.54) is 28.2 Å². The highest BCUT2D eigenvalue weighted by Gasteiger charge is 2.15. The average molecular weight is 525 g/mol. The number of hydrogen-bond donors (Lipinski definition) is 1. The molecule has 0 aliphatic heterocycles. The summed E-state index contributed by atoms with van der Waals surface area (Å²) >= 11 is 19.8. The van der Waals surface area contributed by atoms with Gasteiger partial charge in [-0.15, -0.1) is 11.3 Å². The summed E-state index contributed by atoms with van der Waals surface area (Å²) in [7, 11) is 0. The van der Waals surface area contributed by atoms with Crippen LogP contribution in [-0.2, 0) is 13.2 Å². The Morgan fingerprint density at radius 3 is 2.73 bits per heavy atom. The Balaban J connectivity index is 1.39. The maximum Gasteiger partial charge on any atom is 0.266 e. The van der Waals surface area contributed by atoms with E-state index in [1.54, 1.807) is 24.4 Å². The largest absolute Gasteiger partial charge is 0.487 e. The number of amides is 1. The van der Waals surface area contributed by atoms with Crippen LogP contribution in [0.25, 0.3) is 0 Å². The zero-order valence-electron chi connectivity index (χ0n) is 17.2. The molecule has 2 heterocycles. The Hall–Kier alpha value is -2.58. The number of carbonyl (C=O) groups is 1. The van der Waals surface area contributed by atoms with E-state index in [1.807, 2.05) is 24.4 Å². The third-order valence-corrected chi connectivity index (χ3v) is 6.57. The molecule has 170 valence electrons. The highest BCUT2D eigenvalue weighted by atomic mass is 35.5. The monoisotopic (exact) mass is 523 g/mol. The molecular weight excluding hydrogens is 508 g/mol. The number of halogens is 4. The summed E-state index contributed by atoms with van der Waals surface area (Å²) in [5.74, 6) is 0.0507. The first-order chi connectivity index (χ1) is 15.8. The number of nitrogens with one attached hydrogen (secondary N) is 1. The van der Waals surface area contributed by atoms with Crippen molar-refractivity contribution < 1.29 is 13.9 Å². The molecule has 0 saturated carbocycles. The molecule has 2 aromatic heterocycles. The summed E-state index contributed by atoms with van der Waals surface area (Å²) in [6.45, 7) is 2.51. The first kappa shape index (κ1) is 23.6. The Kier molecular flexibility index (Phi) is 7.24. The maximum absolute atomic E-state index is 13.2. The van der Waals surface area contributed by atoms with Gasteiger partial charge in [0.25, 0.3) is 5.91 Å². The smallest absolute Gasteiger partial charge is 0.266 e. The number of benzene rings is 2. The normalized spacial score (nSPS) is 10.9. The molecule has 0 bridgehead atoms. The SMILES string of the molecule is Cc1ccc(Cl)c(OCc2csc(C(=O)Nc3nn(Cc4ccc(F)cc4Cl)cc3Cl)c2)c1. The van der Waals surface area contributed by atoms with Crippen molar-refractivity contribution >= 4 is 57.9 Å². The number of rotatable bonds is 7. The van der Waals surface area contributed by atoms with Crippen molar-refractivity contribution in [2.24, 2.45) is 0 Å². The molecule has 0 aliphatic rings. The predicted octanol–water partition coefficient (Wildman–Crippen LogP) is 7.23. The standard InChI is InChI=1S/C23H17Cl3FN3O2S/c1-13-2-5-17(24)20(6-13)32-11-14-7-21(33-12-14)23(31)28-22-19(26)10-30(29-22)9-15-3-4-16(27)8-18(15)25/h2-8,10,12H,9,11H2,1H3,(H,28,29,31). The number of aryl methyl sites for hydroxylation is 1. The van der Waals surface area contributed by atoms with E-state index < -0.39 is 5.82 Å². The fraction of sp³-hybridized carbons (Fsp3) is 0.130. The third-order valence-electron chi connectivity index (χ3n) is 4.66. The van der Waals surface area contributed by atoms with Crippen LogP contribution in [0.1, 0.15) is 26.4 Å². The van der Waals surface area contributed by atoms with Gasteiger partial charge in [-0.05, 0) is 53.8 Å². The number of aromatic nitrogens is 2. The van der Waals surface area contributed by atoms with Crippen LogP contribution in [-0.4, -0.2) is 15.7 Å². The molecule has 4 rings (SSSR count). The van der Waals surface area contributed by atoms with Gasteiger partial charge < -0.3 is 10.1 Å². The van der Waals surface area contributed by atoms with E-state index in [0.29, 0.717) is 21.2 Å². The molecule has 2 aromatic carbocycles. The molecule has 0 fully saturated rings. The summed E-state index contributed by atoms with van der Waals surface area (Å²) in [6, 6.07) is 11.4. The van der Waals surface area contributed by atoms with Crippen LogP contribution in [0.2, 0.25) is 15.1 Å². The number of carbonyl (C=O) groups excluding carboxylic acids is 1. The van der Waals surface area contributed by atoms with Gasteiger partial charge in [0.1, 0.15) is 23.2 Å². The fourth-order valence-corrected chi connectivity index (χ4v) is 4.40. The average Bonchev–Trinajstić information content (AvgIpc) is 3.37. The second kappa shape index (κ2) is 10.1. The molecule has 33 heavy (non-hydrogen) atoms. The zero-order valence-corrected chi connectivity index (χ0v) is 20.3. The second-order valence-corrected chi connectivity index (χ2v) is 9.39. The van der Waals surface area contributed by atoms with Crippen LogP contribution in [0.5, 0.6) is 5.75 Å². The summed E-state index contributed by atoms with van der Waals surface area (Å²) in [4.78, 5) is 13.2. The van der Waals surface area contributed by atoms with Gasteiger partial charge in [0.2, 0.25) is 0 Å². The number of ether oxygens (including phenoxy) is 1. The molecule has 0 atom stereocenters. The summed E-state index contributed by atoms with van der Waals surface area (Å²) in [6.07, 6.45) is 1.57. The number of nitrogens with zero attached hydrogens (tertiary/aromatic N) is 2. The van der Waals surface area contributed by atoms with Crippen molar-refractivity contribution in [3.63, 3.8) is 0 Å². The highest BCUT2D eigenvalue weighted by Crippen LogP contribution is 2.28. The van der Waals surface area contributed by atoms with E-state index in [4.69, 9.17) is 39.5 Å². The molecular formula is C23H17Cl3FN3O2S. The van der Waals surface area contributed by atoms with Crippen LogP contribution in [0.3, 0.4) is 0 Å². The maximum atomic E-state index is 13.2. The van der Waals surface area contributed by atoms with Crippen molar-refractivity contribution in [1.82, 2.24) is 9.78 Å². The molecule has 5 nitrogen and oxygen atoms in total. The van der Waals surface area contributed by atoms with Gasteiger partial charge in [-0.2, -0.15) is 5.10 Å². The van der Waals surface area contributed by atoms with E-state index in [0.717, 1.165) is 11.1 Å². The summed E-state index contributed by atoms with van der Waals surface area (Å²) in [5, 5.41) is 9.94. The topological polar surface area (TPSA) is 56.1 Å². The van der Waals surface area contributed by atoms with Gasteiger partial charge in [-0.1, -0.05) is 46.9 Å². The summed E-state index contributed by atoms with van der Waals surface area (Å²) in [5.41, 5.74) is 2.55. The Morgan fingerprint density at radius 2 is 1.94 bits per heavy atom.